The fourth-order valence-corrected chi connectivity index (χ4v) is 2.87. The molecular formula is C22H25N5O2S. The first-order valence-electron chi connectivity index (χ1n) is 9.59. The van der Waals surface area contributed by atoms with Gasteiger partial charge in [0.1, 0.15) is 17.3 Å². The molecule has 0 spiro atoms. The van der Waals surface area contributed by atoms with Crippen molar-refractivity contribution in [3.05, 3.63) is 65.9 Å². The second-order valence-corrected chi connectivity index (χ2v) is 6.86. The van der Waals surface area contributed by atoms with E-state index in [1.165, 1.54) is 0 Å². The summed E-state index contributed by atoms with van der Waals surface area (Å²) in [5.74, 6) is 2.75. The maximum Gasteiger partial charge on any atom is 0.231 e. The van der Waals surface area contributed by atoms with Gasteiger partial charge in [0.05, 0.1) is 13.7 Å². The lowest BCUT2D eigenvalue weighted by molar-refractivity contribution is 0.340. The van der Waals surface area contributed by atoms with Crippen LogP contribution in [0.15, 0.2) is 54.6 Å². The molecule has 3 aromatic rings. The molecule has 8 heteroatoms. The standard InChI is InChI=1S/C22H25N5O2S/c1-4-29-19-11-7-17(8-12-19)25-20-13-15(2)24-21(26-20)27-22(30)23-14-16-5-9-18(28-3)10-6-16/h5-13H,4,14H2,1-3H3,(H3,23,24,25,26,27,30). The molecule has 1 aromatic heterocycles. The number of thiocarbonyl (C=S) groups is 1. The molecule has 0 atom stereocenters. The van der Waals surface area contributed by atoms with Crippen LogP contribution in [0.1, 0.15) is 18.2 Å². The first-order chi connectivity index (χ1) is 14.6. The van der Waals surface area contributed by atoms with Crippen LogP contribution in [-0.2, 0) is 6.54 Å². The Kier molecular flexibility index (Phi) is 7.40. The van der Waals surface area contributed by atoms with Gasteiger partial charge in [-0.2, -0.15) is 4.98 Å². The molecular weight excluding hydrogens is 398 g/mol. The second-order valence-electron chi connectivity index (χ2n) is 6.46. The maximum atomic E-state index is 5.47. The van der Waals surface area contributed by atoms with Gasteiger partial charge in [-0.3, -0.25) is 0 Å². The van der Waals surface area contributed by atoms with Crippen molar-refractivity contribution in [2.45, 2.75) is 20.4 Å². The highest BCUT2D eigenvalue weighted by atomic mass is 32.1. The summed E-state index contributed by atoms with van der Waals surface area (Å²) in [6.45, 7) is 5.09. The van der Waals surface area contributed by atoms with Crippen LogP contribution in [-0.4, -0.2) is 28.8 Å². The van der Waals surface area contributed by atoms with E-state index in [0.717, 1.165) is 28.4 Å². The highest BCUT2D eigenvalue weighted by Crippen LogP contribution is 2.20. The number of nitrogens with zero attached hydrogens (tertiary/aromatic N) is 2. The third-order valence-electron chi connectivity index (χ3n) is 4.13. The molecule has 3 N–H and O–H groups in total. The first kappa shape index (κ1) is 21.3. The number of anilines is 3. The highest BCUT2D eigenvalue weighted by Gasteiger charge is 2.06. The third kappa shape index (κ3) is 6.31. The van der Waals surface area contributed by atoms with Crippen LogP contribution in [0.25, 0.3) is 0 Å². The normalized spacial score (nSPS) is 10.2. The molecule has 0 unspecified atom stereocenters. The van der Waals surface area contributed by atoms with Crippen LogP contribution < -0.4 is 25.4 Å². The number of aromatic nitrogens is 2. The number of rotatable bonds is 8. The molecule has 0 amide bonds. The minimum absolute atomic E-state index is 0.427. The van der Waals surface area contributed by atoms with Crippen molar-refractivity contribution in [1.82, 2.24) is 15.3 Å². The molecule has 2 aromatic carbocycles. The number of hydrogen-bond donors (Lipinski definition) is 3. The van der Waals surface area contributed by atoms with Gasteiger partial charge in [-0.1, -0.05) is 12.1 Å². The Balaban J connectivity index is 1.59. The molecule has 30 heavy (non-hydrogen) atoms. The summed E-state index contributed by atoms with van der Waals surface area (Å²) in [7, 11) is 1.65. The molecule has 0 aliphatic rings. The van der Waals surface area contributed by atoms with Gasteiger partial charge in [0.15, 0.2) is 5.11 Å². The Morgan fingerprint density at radius 2 is 1.70 bits per heavy atom. The molecule has 3 rings (SSSR count). The monoisotopic (exact) mass is 423 g/mol. The largest absolute Gasteiger partial charge is 0.497 e. The van der Waals surface area contributed by atoms with Crippen molar-refractivity contribution in [2.24, 2.45) is 0 Å². The van der Waals surface area contributed by atoms with E-state index in [4.69, 9.17) is 21.7 Å². The molecule has 7 nitrogen and oxygen atoms in total. The predicted molar refractivity (Wildman–Crippen MR) is 124 cm³/mol. The van der Waals surface area contributed by atoms with E-state index >= 15 is 0 Å². The van der Waals surface area contributed by atoms with Crippen molar-refractivity contribution < 1.29 is 9.47 Å². The predicted octanol–water partition coefficient (Wildman–Crippen LogP) is 4.42. The Hall–Kier alpha value is -3.39. The highest BCUT2D eigenvalue weighted by molar-refractivity contribution is 7.80. The van der Waals surface area contributed by atoms with E-state index in [1.807, 2.05) is 68.4 Å². The zero-order chi connectivity index (χ0) is 21.3. The molecule has 0 radical (unpaired) electrons. The minimum atomic E-state index is 0.427. The van der Waals surface area contributed by atoms with Gasteiger partial charge in [-0.15, -0.1) is 0 Å². The SMILES string of the molecule is CCOc1ccc(Nc2cc(C)nc(NC(=S)NCc3ccc(OC)cc3)n2)cc1. The third-order valence-corrected chi connectivity index (χ3v) is 4.38. The number of hydrogen-bond acceptors (Lipinski definition) is 6. The Morgan fingerprint density at radius 3 is 2.37 bits per heavy atom. The molecule has 0 bridgehead atoms. The van der Waals surface area contributed by atoms with Crippen LogP contribution in [0, 0.1) is 6.92 Å². The summed E-state index contributed by atoms with van der Waals surface area (Å²) in [5.41, 5.74) is 2.81. The van der Waals surface area contributed by atoms with Crippen LogP contribution in [0.2, 0.25) is 0 Å². The molecule has 0 fully saturated rings. The summed E-state index contributed by atoms with van der Waals surface area (Å²) < 4.78 is 10.6. The summed E-state index contributed by atoms with van der Waals surface area (Å²) in [6, 6.07) is 17.4. The van der Waals surface area contributed by atoms with Gasteiger partial charge in [-0.25, -0.2) is 4.98 Å². The quantitative estimate of drug-likeness (QED) is 0.460. The second kappa shape index (κ2) is 10.4. The van der Waals surface area contributed by atoms with E-state index < -0.39 is 0 Å². The Morgan fingerprint density at radius 1 is 1.00 bits per heavy atom. The number of aryl methyl sites for hydroxylation is 1. The topological polar surface area (TPSA) is 80.3 Å². The number of nitrogens with one attached hydrogen (secondary N) is 3. The van der Waals surface area contributed by atoms with E-state index in [9.17, 15) is 0 Å². The lowest BCUT2D eigenvalue weighted by Gasteiger charge is -2.12. The fourth-order valence-electron chi connectivity index (χ4n) is 2.71. The number of methoxy groups -OCH3 is 1. The Labute approximate surface area is 181 Å². The minimum Gasteiger partial charge on any atom is -0.497 e. The van der Waals surface area contributed by atoms with E-state index in [2.05, 4.69) is 25.9 Å². The van der Waals surface area contributed by atoms with Gasteiger partial charge >= 0.3 is 0 Å². The molecule has 1 heterocycles. The van der Waals surface area contributed by atoms with Crippen LogP contribution in [0.5, 0.6) is 11.5 Å². The van der Waals surface area contributed by atoms with Gasteiger partial charge < -0.3 is 25.4 Å². The molecule has 0 aliphatic heterocycles. The molecule has 0 aliphatic carbocycles. The van der Waals surface area contributed by atoms with E-state index in [-0.39, 0.29) is 0 Å². The van der Waals surface area contributed by atoms with Crippen molar-refractivity contribution in [1.29, 1.82) is 0 Å². The molecule has 0 saturated heterocycles. The molecule has 0 saturated carbocycles. The summed E-state index contributed by atoms with van der Waals surface area (Å²) >= 11 is 5.38. The fraction of sp³-hybridized carbons (Fsp3) is 0.227. The number of benzene rings is 2. The zero-order valence-corrected chi connectivity index (χ0v) is 18.0. The van der Waals surface area contributed by atoms with Crippen LogP contribution >= 0.6 is 12.2 Å². The van der Waals surface area contributed by atoms with Crippen molar-refractivity contribution in [2.75, 3.05) is 24.4 Å². The van der Waals surface area contributed by atoms with Crippen LogP contribution in [0.4, 0.5) is 17.5 Å². The van der Waals surface area contributed by atoms with Gasteiger partial charge in [0.25, 0.3) is 0 Å². The van der Waals surface area contributed by atoms with Gasteiger partial charge in [0.2, 0.25) is 5.95 Å². The number of ether oxygens (including phenoxy) is 2. The smallest absolute Gasteiger partial charge is 0.231 e. The van der Waals surface area contributed by atoms with E-state index in [0.29, 0.717) is 30.0 Å². The maximum absolute atomic E-state index is 5.47. The lowest BCUT2D eigenvalue weighted by atomic mass is 10.2. The first-order valence-corrected chi connectivity index (χ1v) is 10.00. The Bertz CT molecular complexity index is 978. The summed E-state index contributed by atoms with van der Waals surface area (Å²) in [4.78, 5) is 8.90. The average molecular weight is 424 g/mol. The lowest BCUT2D eigenvalue weighted by Crippen LogP contribution is -2.28. The molecule has 156 valence electrons. The summed E-state index contributed by atoms with van der Waals surface area (Å²) in [5, 5.41) is 9.92. The average Bonchev–Trinajstić information content (AvgIpc) is 2.74. The van der Waals surface area contributed by atoms with Crippen LogP contribution in [0.3, 0.4) is 0 Å². The summed E-state index contributed by atoms with van der Waals surface area (Å²) in [6.07, 6.45) is 0. The van der Waals surface area contributed by atoms with E-state index in [1.54, 1.807) is 7.11 Å². The van der Waals surface area contributed by atoms with Crippen molar-refractivity contribution >= 4 is 34.8 Å². The van der Waals surface area contributed by atoms with Gasteiger partial charge in [0, 0.05) is 24.0 Å². The van der Waals surface area contributed by atoms with Crippen molar-refractivity contribution in [3.8, 4) is 11.5 Å². The van der Waals surface area contributed by atoms with Crippen molar-refractivity contribution in [3.63, 3.8) is 0 Å². The zero-order valence-electron chi connectivity index (χ0n) is 17.2. The van der Waals surface area contributed by atoms with Gasteiger partial charge in [-0.05, 0) is 68.0 Å².